The Bertz CT molecular complexity index is 288. The molecule has 1 atom stereocenters. The number of esters is 1. The highest BCUT2D eigenvalue weighted by Crippen LogP contribution is 2.30. The van der Waals surface area contributed by atoms with Gasteiger partial charge in [0.15, 0.2) is 0 Å². The molecule has 1 heterocycles. The van der Waals surface area contributed by atoms with Crippen LogP contribution in [0.3, 0.4) is 0 Å². The normalized spacial score (nSPS) is 18.0. The second kappa shape index (κ2) is 5.52. The lowest BCUT2D eigenvalue weighted by molar-refractivity contribution is -0.160. The number of nitrogens with zero attached hydrogens (tertiary/aromatic N) is 1. The quantitative estimate of drug-likeness (QED) is 0.559. The standard InChI is InChI=1S/C13H23NO3/c1-5-17-12(16)10(13(2,3)4)11(15)14-8-6-7-9-14/h10H,5-9H2,1-4H3. The summed E-state index contributed by atoms with van der Waals surface area (Å²) in [6.07, 6.45) is 2.07. The third kappa shape index (κ3) is 3.45. The molecule has 0 aromatic carbocycles. The molecule has 1 aliphatic rings. The van der Waals surface area contributed by atoms with Crippen molar-refractivity contribution in [1.29, 1.82) is 0 Å². The minimum absolute atomic E-state index is 0.0755. The first-order valence-electron chi connectivity index (χ1n) is 6.33. The van der Waals surface area contributed by atoms with E-state index in [1.165, 1.54) is 0 Å². The molecule has 0 aromatic rings. The summed E-state index contributed by atoms with van der Waals surface area (Å²) in [5, 5.41) is 0. The van der Waals surface area contributed by atoms with E-state index < -0.39 is 17.3 Å². The molecular weight excluding hydrogens is 218 g/mol. The van der Waals surface area contributed by atoms with Crippen LogP contribution in [-0.4, -0.2) is 36.5 Å². The van der Waals surface area contributed by atoms with Crippen molar-refractivity contribution in [3.63, 3.8) is 0 Å². The van der Waals surface area contributed by atoms with Crippen molar-refractivity contribution in [2.45, 2.75) is 40.5 Å². The molecule has 0 radical (unpaired) electrons. The lowest BCUT2D eigenvalue weighted by Crippen LogP contribution is -2.44. The monoisotopic (exact) mass is 241 g/mol. The molecule has 1 unspecified atom stereocenters. The van der Waals surface area contributed by atoms with Crippen molar-refractivity contribution < 1.29 is 14.3 Å². The first-order valence-corrected chi connectivity index (χ1v) is 6.33. The third-order valence-corrected chi connectivity index (χ3v) is 3.05. The average molecular weight is 241 g/mol. The van der Waals surface area contributed by atoms with E-state index in [-0.39, 0.29) is 5.91 Å². The van der Waals surface area contributed by atoms with Crippen LogP contribution in [0.25, 0.3) is 0 Å². The van der Waals surface area contributed by atoms with E-state index in [4.69, 9.17) is 4.74 Å². The lowest BCUT2D eigenvalue weighted by Gasteiger charge is -2.30. The maximum Gasteiger partial charge on any atom is 0.319 e. The molecular formula is C13H23NO3. The highest BCUT2D eigenvalue weighted by atomic mass is 16.5. The fourth-order valence-electron chi connectivity index (χ4n) is 2.17. The van der Waals surface area contributed by atoms with Crippen LogP contribution in [0.15, 0.2) is 0 Å². The number of amides is 1. The zero-order valence-corrected chi connectivity index (χ0v) is 11.3. The molecule has 4 heteroatoms. The number of hydrogen-bond acceptors (Lipinski definition) is 3. The Hall–Kier alpha value is -1.06. The largest absolute Gasteiger partial charge is 0.465 e. The van der Waals surface area contributed by atoms with Crippen LogP contribution in [0.4, 0.5) is 0 Å². The summed E-state index contributed by atoms with van der Waals surface area (Å²) in [5.74, 6) is -1.15. The first kappa shape index (κ1) is 14.0. The minimum Gasteiger partial charge on any atom is -0.465 e. The fraction of sp³-hybridized carbons (Fsp3) is 0.846. The summed E-state index contributed by atoms with van der Waals surface area (Å²) in [4.78, 5) is 26.0. The molecule has 0 saturated carbocycles. The Morgan fingerprint density at radius 1 is 1.24 bits per heavy atom. The number of rotatable bonds is 3. The van der Waals surface area contributed by atoms with Crippen LogP contribution in [0, 0.1) is 11.3 Å². The van der Waals surface area contributed by atoms with Crippen molar-refractivity contribution in [1.82, 2.24) is 4.90 Å². The molecule has 0 aromatic heterocycles. The smallest absolute Gasteiger partial charge is 0.319 e. The predicted molar refractivity (Wildman–Crippen MR) is 65.4 cm³/mol. The van der Waals surface area contributed by atoms with Gasteiger partial charge >= 0.3 is 5.97 Å². The van der Waals surface area contributed by atoms with Gasteiger partial charge in [0.1, 0.15) is 5.92 Å². The Kier molecular flexibility index (Phi) is 4.54. The zero-order chi connectivity index (χ0) is 13.1. The number of likely N-dealkylation sites (tertiary alicyclic amines) is 1. The van der Waals surface area contributed by atoms with Crippen molar-refractivity contribution >= 4 is 11.9 Å². The van der Waals surface area contributed by atoms with Gasteiger partial charge < -0.3 is 9.64 Å². The van der Waals surface area contributed by atoms with E-state index >= 15 is 0 Å². The molecule has 1 amide bonds. The highest BCUT2D eigenvalue weighted by Gasteiger charge is 2.41. The van der Waals surface area contributed by atoms with E-state index in [1.54, 1.807) is 11.8 Å². The Morgan fingerprint density at radius 2 is 1.76 bits per heavy atom. The van der Waals surface area contributed by atoms with Gasteiger partial charge in [0, 0.05) is 13.1 Å². The minimum atomic E-state index is -0.680. The molecule has 17 heavy (non-hydrogen) atoms. The summed E-state index contributed by atoms with van der Waals surface area (Å²) in [5.41, 5.74) is -0.397. The number of carbonyl (C=O) groups is 2. The highest BCUT2D eigenvalue weighted by molar-refractivity contribution is 5.98. The van der Waals surface area contributed by atoms with Crippen LogP contribution >= 0.6 is 0 Å². The van der Waals surface area contributed by atoms with Gasteiger partial charge in [0.05, 0.1) is 6.61 Å². The third-order valence-electron chi connectivity index (χ3n) is 3.05. The van der Waals surface area contributed by atoms with Crippen molar-refractivity contribution in [2.75, 3.05) is 19.7 Å². The Balaban J connectivity index is 2.82. The summed E-state index contributed by atoms with van der Waals surface area (Å²) in [6.45, 7) is 9.33. The number of ether oxygens (including phenoxy) is 1. The molecule has 1 fully saturated rings. The van der Waals surface area contributed by atoms with E-state index in [9.17, 15) is 9.59 Å². The van der Waals surface area contributed by atoms with Crippen molar-refractivity contribution in [2.24, 2.45) is 11.3 Å². The Morgan fingerprint density at radius 3 is 2.18 bits per heavy atom. The second-order valence-electron chi connectivity index (χ2n) is 5.58. The summed E-state index contributed by atoms with van der Waals surface area (Å²) in [7, 11) is 0. The first-order chi connectivity index (χ1) is 7.88. The maximum atomic E-state index is 12.3. The molecule has 98 valence electrons. The van der Waals surface area contributed by atoms with Gasteiger partial charge in [-0.05, 0) is 25.2 Å². The molecule has 4 nitrogen and oxygen atoms in total. The predicted octanol–water partition coefficient (Wildman–Crippen LogP) is 1.83. The van der Waals surface area contributed by atoms with Gasteiger partial charge in [-0.25, -0.2) is 0 Å². The lowest BCUT2D eigenvalue weighted by atomic mass is 9.80. The van der Waals surface area contributed by atoms with Crippen LogP contribution in [0.5, 0.6) is 0 Å². The van der Waals surface area contributed by atoms with Crippen LogP contribution in [0.2, 0.25) is 0 Å². The van der Waals surface area contributed by atoms with E-state index in [1.807, 2.05) is 20.8 Å². The SMILES string of the molecule is CCOC(=O)C(C(=O)N1CCCC1)C(C)(C)C. The van der Waals surface area contributed by atoms with Crippen LogP contribution < -0.4 is 0 Å². The molecule has 1 saturated heterocycles. The molecule has 0 aliphatic carbocycles. The molecule has 0 N–H and O–H groups in total. The van der Waals surface area contributed by atoms with Crippen LogP contribution in [0.1, 0.15) is 40.5 Å². The molecule has 0 bridgehead atoms. The van der Waals surface area contributed by atoms with Crippen LogP contribution in [-0.2, 0) is 14.3 Å². The van der Waals surface area contributed by atoms with Gasteiger partial charge in [-0.15, -0.1) is 0 Å². The molecule has 1 rings (SSSR count). The van der Waals surface area contributed by atoms with Gasteiger partial charge in [-0.1, -0.05) is 20.8 Å². The van der Waals surface area contributed by atoms with Gasteiger partial charge in [0.25, 0.3) is 0 Å². The van der Waals surface area contributed by atoms with Crippen molar-refractivity contribution in [3.8, 4) is 0 Å². The average Bonchev–Trinajstić information content (AvgIpc) is 2.68. The second-order valence-corrected chi connectivity index (χ2v) is 5.58. The maximum absolute atomic E-state index is 12.3. The molecule has 0 spiro atoms. The van der Waals surface area contributed by atoms with Gasteiger partial charge in [-0.2, -0.15) is 0 Å². The number of hydrogen-bond donors (Lipinski definition) is 0. The summed E-state index contributed by atoms with van der Waals surface area (Å²) in [6, 6.07) is 0. The van der Waals surface area contributed by atoms with E-state index in [2.05, 4.69) is 0 Å². The van der Waals surface area contributed by atoms with Gasteiger partial charge in [-0.3, -0.25) is 9.59 Å². The zero-order valence-electron chi connectivity index (χ0n) is 11.3. The fourth-order valence-corrected chi connectivity index (χ4v) is 2.17. The van der Waals surface area contributed by atoms with Crippen molar-refractivity contribution in [3.05, 3.63) is 0 Å². The molecule has 1 aliphatic heterocycles. The van der Waals surface area contributed by atoms with E-state index in [0.29, 0.717) is 6.61 Å². The van der Waals surface area contributed by atoms with Gasteiger partial charge in [0.2, 0.25) is 5.91 Å². The Labute approximate surface area is 103 Å². The number of carbonyl (C=O) groups excluding carboxylic acids is 2. The summed E-state index contributed by atoms with van der Waals surface area (Å²) >= 11 is 0. The summed E-state index contributed by atoms with van der Waals surface area (Å²) < 4.78 is 5.02. The topological polar surface area (TPSA) is 46.6 Å². The van der Waals surface area contributed by atoms with E-state index in [0.717, 1.165) is 25.9 Å².